The molecule has 0 aliphatic heterocycles. The Labute approximate surface area is 151 Å². The molecule has 2 aromatic carbocycles. The fraction of sp³-hybridized carbons (Fsp3) is 0.300. The number of amides is 2. The Kier molecular flexibility index (Phi) is 5.21. The second-order valence-corrected chi connectivity index (χ2v) is 6.47. The molecule has 0 atom stereocenters. The molecule has 0 bridgehead atoms. The van der Waals surface area contributed by atoms with E-state index in [1.54, 1.807) is 24.3 Å². The van der Waals surface area contributed by atoms with Gasteiger partial charge in [-0.05, 0) is 55.2 Å². The Bertz CT molecular complexity index is 847. The largest absolute Gasteiger partial charge is 0.494 e. The number of hydrogen-bond donors (Lipinski definition) is 2. The summed E-state index contributed by atoms with van der Waals surface area (Å²) in [7, 11) is 1.39. The van der Waals surface area contributed by atoms with Gasteiger partial charge in [0, 0.05) is 17.3 Å². The predicted octanol–water partition coefficient (Wildman–Crippen LogP) is 3.22. The van der Waals surface area contributed by atoms with Gasteiger partial charge in [0.05, 0.1) is 13.5 Å². The van der Waals surface area contributed by atoms with E-state index in [1.807, 2.05) is 6.92 Å². The summed E-state index contributed by atoms with van der Waals surface area (Å²) in [5.41, 5.74) is 2.48. The summed E-state index contributed by atoms with van der Waals surface area (Å²) in [5.74, 6) is -0.787. The van der Waals surface area contributed by atoms with E-state index in [-0.39, 0.29) is 30.0 Å². The zero-order chi connectivity index (χ0) is 18.7. The molecule has 0 spiro atoms. The van der Waals surface area contributed by atoms with Gasteiger partial charge in [0.2, 0.25) is 5.91 Å². The molecular formula is C20H21FN2O3. The lowest BCUT2D eigenvalue weighted by atomic mass is 10.1. The van der Waals surface area contributed by atoms with Gasteiger partial charge in [0.1, 0.15) is 0 Å². The summed E-state index contributed by atoms with van der Waals surface area (Å²) in [5, 5.41) is 5.72. The summed E-state index contributed by atoms with van der Waals surface area (Å²) < 4.78 is 18.6. The third-order valence-corrected chi connectivity index (χ3v) is 4.27. The van der Waals surface area contributed by atoms with Crippen LogP contribution >= 0.6 is 0 Å². The normalized spacial score (nSPS) is 13.2. The Balaban J connectivity index is 1.68. The van der Waals surface area contributed by atoms with Crippen molar-refractivity contribution in [2.45, 2.75) is 32.2 Å². The molecule has 0 heterocycles. The SMILES string of the molecule is COc1ccc(CC(=O)Nc2cc(C(=O)NC3CC3)ccc2C)cc1F. The molecule has 26 heavy (non-hydrogen) atoms. The standard InChI is InChI=1S/C20H21FN2O3/c1-12-3-5-14(20(25)22-15-6-7-15)11-17(12)23-19(24)10-13-4-8-18(26-2)16(21)9-13/h3-5,8-9,11,15H,6-7,10H2,1-2H3,(H,22,25)(H,23,24). The number of methoxy groups -OCH3 is 1. The van der Waals surface area contributed by atoms with Crippen molar-refractivity contribution in [1.29, 1.82) is 0 Å². The number of carbonyl (C=O) groups excluding carboxylic acids is 2. The average molecular weight is 356 g/mol. The number of hydrogen-bond acceptors (Lipinski definition) is 3. The van der Waals surface area contributed by atoms with Crippen molar-refractivity contribution in [2.75, 3.05) is 12.4 Å². The molecule has 2 amide bonds. The number of rotatable bonds is 6. The number of benzene rings is 2. The molecular weight excluding hydrogens is 335 g/mol. The van der Waals surface area contributed by atoms with Crippen LogP contribution in [-0.4, -0.2) is 25.0 Å². The van der Waals surface area contributed by atoms with E-state index < -0.39 is 5.82 Å². The maximum Gasteiger partial charge on any atom is 0.251 e. The zero-order valence-electron chi connectivity index (χ0n) is 14.8. The molecule has 1 fully saturated rings. The van der Waals surface area contributed by atoms with Crippen LogP contribution < -0.4 is 15.4 Å². The number of halogens is 1. The molecule has 2 N–H and O–H groups in total. The highest BCUT2D eigenvalue weighted by Gasteiger charge is 2.24. The van der Waals surface area contributed by atoms with Crippen molar-refractivity contribution in [3.05, 3.63) is 58.9 Å². The van der Waals surface area contributed by atoms with E-state index in [4.69, 9.17) is 4.74 Å². The zero-order valence-corrected chi connectivity index (χ0v) is 14.8. The number of anilines is 1. The molecule has 136 valence electrons. The monoisotopic (exact) mass is 356 g/mol. The van der Waals surface area contributed by atoms with Crippen LogP contribution in [-0.2, 0) is 11.2 Å². The molecule has 5 nitrogen and oxygen atoms in total. The minimum atomic E-state index is -0.507. The van der Waals surface area contributed by atoms with Gasteiger partial charge in [-0.1, -0.05) is 12.1 Å². The van der Waals surface area contributed by atoms with Gasteiger partial charge in [-0.2, -0.15) is 0 Å². The van der Waals surface area contributed by atoms with Gasteiger partial charge in [-0.15, -0.1) is 0 Å². The topological polar surface area (TPSA) is 67.4 Å². The molecule has 0 saturated heterocycles. The number of carbonyl (C=O) groups is 2. The van der Waals surface area contributed by atoms with Crippen molar-refractivity contribution in [1.82, 2.24) is 5.32 Å². The second-order valence-electron chi connectivity index (χ2n) is 6.47. The van der Waals surface area contributed by atoms with Crippen LogP contribution in [0.25, 0.3) is 0 Å². The van der Waals surface area contributed by atoms with Gasteiger partial charge >= 0.3 is 0 Å². The maximum absolute atomic E-state index is 13.7. The molecule has 1 saturated carbocycles. The quantitative estimate of drug-likeness (QED) is 0.835. The average Bonchev–Trinajstić information content (AvgIpc) is 3.41. The summed E-state index contributed by atoms with van der Waals surface area (Å²) >= 11 is 0. The van der Waals surface area contributed by atoms with Gasteiger partial charge in [0.25, 0.3) is 5.91 Å². The highest BCUT2D eigenvalue weighted by atomic mass is 19.1. The first-order chi connectivity index (χ1) is 12.5. The summed E-state index contributed by atoms with van der Waals surface area (Å²) in [6.45, 7) is 1.85. The molecule has 3 rings (SSSR count). The van der Waals surface area contributed by atoms with E-state index in [1.165, 1.54) is 19.2 Å². The minimum Gasteiger partial charge on any atom is -0.494 e. The highest BCUT2D eigenvalue weighted by Crippen LogP contribution is 2.22. The molecule has 2 aromatic rings. The van der Waals surface area contributed by atoms with Gasteiger partial charge in [0.15, 0.2) is 11.6 Å². The van der Waals surface area contributed by atoms with Crippen molar-refractivity contribution in [3.8, 4) is 5.75 Å². The lowest BCUT2D eigenvalue weighted by molar-refractivity contribution is -0.115. The number of nitrogens with one attached hydrogen (secondary N) is 2. The van der Waals surface area contributed by atoms with Gasteiger partial charge in [-0.3, -0.25) is 9.59 Å². The van der Waals surface area contributed by atoms with Crippen molar-refractivity contribution < 1.29 is 18.7 Å². The van der Waals surface area contributed by atoms with Crippen LogP contribution in [0.3, 0.4) is 0 Å². The van der Waals surface area contributed by atoms with Crippen LogP contribution in [0.1, 0.15) is 34.3 Å². The van der Waals surface area contributed by atoms with E-state index in [0.717, 1.165) is 18.4 Å². The first-order valence-corrected chi connectivity index (χ1v) is 8.50. The first-order valence-electron chi connectivity index (χ1n) is 8.50. The molecule has 0 radical (unpaired) electrons. The molecule has 0 aromatic heterocycles. The van der Waals surface area contributed by atoms with Crippen LogP contribution in [0.15, 0.2) is 36.4 Å². The Hall–Kier alpha value is -2.89. The molecule has 6 heteroatoms. The molecule has 0 unspecified atom stereocenters. The Morgan fingerprint density at radius 1 is 1.19 bits per heavy atom. The van der Waals surface area contributed by atoms with E-state index >= 15 is 0 Å². The summed E-state index contributed by atoms with van der Waals surface area (Å²) in [6.07, 6.45) is 2.05. The Morgan fingerprint density at radius 3 is 2.62 bits per heavy atom. The fourth-order valence-electron chi connectivity index (χ4n) is 2.59. The van der Waals surface area contributed by atoms with Gasteiger partial charge in [-0.25, -0.2) is 4.39 Å². The van der Waals surface area contributed by atoms with E-state index in [0.29, 0.717) is 16.8 Å². The summed E-state index contributed by atoms with van der Waals surface area (Å²) in [4.78, 5) is 24.5. The fourth-order valence-corrected chi connectivity index (χ4v) is 2.59. The lowest BCUT2D eigenvalue weighted by Gasteiger charge is -2.11. The third-order valence-electron chi connectivity index (χ3n) is 4.27. The first kappa shape index (κ1) is 17.9. The minimum absolute atomic E-state index is 0.0266. The van der Waals surface area contributed by atoms with Crippen molar-refractivity contribution in [3.63, 3.8) is 0 Å². The van der Waals surface area contributed by atoms with Crippen LogP contribution in [0.4, 0.5) is 10.1 Å². The third kappa shape index (κ3) is 4.39. The van der Waals surface area contributed by atoms with Crippen LogP contribution in [0.5, 0.6) is 5.75 Å². The summed E-state index contributed by atoms with van der Waals surface area (Å²) in [6, 6.07) is 9.89. The number of aryl methyl sites for hydroxylation is 1. The van der Waals surface area contributed by atoms with E-state index in [9.17, 15) is 14.0 Å². The number of ether oxygens (including phenoxy) is 1. The Morgan fingerprint density at radius 2 is 1.96 bits per heavy atom. The van der Waals surface area contributed by atoms with Crippen LogP contribution in [0.2, 0.25) is 0 Å². The van der Waals surface area contributed by atoms with E-state index in [2.05, 4.69) is 10.6 Å². The molecule has 1 aliphatic rings. The van der Waals surface area contributed by atoms with Crippen molar-refractivity contribution >= 4 is 17.5 Å². The molecule has 1 aliphatic carbocycles. The second kappa shape index (κ2) is 7.56. The lowest BCUT2D eigenvalue weighted by Crippen LogP contribution is -2.25. The highest BCUT2D eigenvalue weighted by molar-refractivity contribution is 5.98. The maximum atomic E-state index is 13.7. The van der Waals surface area contributed by atoms with Crippen LogP contribution in [0, 0.1) is 12.7 Å². The smallest absolute Gasteiger partial charge is 0.251 e. The van der Waals surface area contributed by atoms with Crippen molar-refractivity contribution in [2.24, 2.45) is 0 Å². The van der Waals surface area contributed by atoms with Gasteiger partial charge < -0.3 is 15.4 Å². The predicted molar refractivity (Wildman–Crippen MR) is 97.0 cm³/mol.